The van der Waals surface area contributed by atoms with E-state index < -0.39 is 0 Å². The highest BCUT2D eigenvalue weighted by Gasteiger charge is 2.15. The number of Topliss-reactive ketones (excluding diaryl/α,β-unsaturated/α-hetero) is 1. The first-order valence-corrected chi connectivity index (χ1v) is 7.74. The lowest BCUT2D eigenvalue weighted by Gasteiger charge is -2.10. The molecular formula is C15H16BrClN2O2. The number of hydrogen-bond acceptors (Lipinski definition) is 3. The zero-order chi connectivity index (χ0) is 15.6. The minimum Gasteiger partial charge on any atom is -0.487 e. The fourth-order valence-corrected chi connectivity index (χ4v) is 2.93. The van der Waals surface area contributed by atoms with E-state index in [2.05, 4.69) is 21.0 Å². The quantitative estimate of drug-likeness (QED) is 0.741. The van der Waals surface area contributed by atoms with Crippen molar-refractivity contribution in [2.75, 3.05) is 0 Å². The summed E-state index contributed by atoms with van der Waals surface area (Å²) in [4.78, 5) is 11.6. The number of benzene rings is 1. The molecule has 1 aromatic heterocycles. The van der Waals surface area contributed by atoms with Gasteiger partial charge in [-0.15, -0.1) is 0 Å². The molecule has 2 aromatic rings. The van der Waals surface area contributed by atoms with Gasteiger partial charge in [0.15, 0.2) is 5.78 Å². The van der Waals surface area contributed by atoms with Crippen molar-refractivity contribution in [3.05, 3.63) is 44.6 Å². The molecule has 0 radical (unpaired) electrons. The molecule has 0 saturated carbocycles. The van der Waals surface area contributed by atoms with Crippen LogP contribution in [0, 0.1) is 0 Å². The van der Waals surface area contributed by atoms with Crippen LogP contribution in [-0.4, -0.2) is 15.6 Å². The molecule has 0 atom stereocenters. The topological polar surface area (TPSA) is 44.1 Å². The second-order valence-electron chi connectivity index (χ2n) is 4.67. The fraction of sp³-hybridized carbons (Fsp3) is 0.333. The molecule has 0 aliphatic rings. The minimum atomic E-state index is -0.0779. The lowest BCUT2D eigenvalue weighted by molar-refractivity contribution is 0.101. The number of nitrogens with zero attached hydrogens (tertiary/aromatic N) is 2. The molecule has 0 amide bonds. The molecule has 21 heavy (non-hydrogen) atoms. The van der Waals surface area contributed by atoms with Crippen LogP contribution in [0.3, 0.4) is 0 Å². The molecule has 1 aromatic carbocycles. The van der Waals surface area contributed by atoms with Gasteiger partial charge in [0.2, 0.25) is 0 Å². The molecule has 0 aliphatic heterocycles. The van der Waals surface area contributed by atoms with Crippen molar-refractivity contribution in [2.45, 2.75) is 26.9 Å². The van der Waals surface area contributed by atoms with Crippen LogP contribution in [0.15, 0.2) is 22.7 Å². The highest BCUT2D eigenvalue weighted by molar-refractivity contribution is 9.10. The summed E-state index contributed by atoms with van der Waals surface area (Å²) in [6, 6.07) is 5.04. The van der Waals surface area contributed by atoms with Crippen LogP contribution in [0.4, 0.5) is 0 Å². The molecule has 0 bridgehead atoms. The Labute approximate surface area is 137 Å². The van der Waals surface area contributed by atoms with Gasteiger partial charge in [0.25, 0.3) is 0 Å². The Bertz CT molecular complexity index is 683. The van der Waals surface area contributed by atoms with Crippen LogP contribution in [0.2, 0.25) is 5.02 Å². The van der Waals surface area contributed by atoms with Gasteiger partial charge in [-0.2, -0.15) is 5.10 Å². The third-order valence-corrected chi connectivity index (χ3v) is 4.34. The molecule has 0 unspecified atom stereocenters. The Kier molecular flexibility index (Phi) is 5.06. The van der Waals surface area contributed by atoms with Gasteiger partial charge in [-0.1, -0.05) is 18.5 Å². The first-order valence-electron chi connectivity index (χ1n) is 6.57. The SMILES string of the molecule is CCc1nn(C)c(COc2ccc(Cl)cc2C(C)=O)c1Br. The van der Waals surface area contributed by atoms with Gasteiger partial charge in [0.05, 0.1) is 21.4 Å². The maximum atomic E-state index is 11.6. The van der Waals surface area contributed by atoms with Gasteiger partial charge in [-0.05, 0) is 47.5 Å². The molecule has 112 valence electrons. The lowest BCUT2D eigenvalue weighted by Crippen LogP contribution is -2.06. The normalized spacial score (nSPS) is 10.7. The van der Waals surface area contributed by atoms with Crippen LogP contribution in [0.1, 0.15) is 35.6 Å². The summed E-state index contributed by atoms with van der Waals surface area (Å²) < 4.78 is 8.52. The highest BCUT2D eigenvalue weighted by Crippen LogP contribution is 2.27. The standard InChI is InChI=1S/C15H16BrClN2O2/c1-4-12-15(16)13(19(3)18-12)8-21-14-6-5-10(17)7-11(14)9(2)20/h5-7H,4,8H2,1-3H3. The molecule has 0 aliphatic carbocycles. The van der Waals surface area contributed by atoms with Gasteiger partial charge in [-0.25, -0.2) is 0 Å². The van der Waals surface area contributed by atoms with E-state index in [1.165, 1.54) is 6.92 Å². The number of ketones is 1. The van der Waals surface area contributed by atoms with Crippen LogP contribution in [-0.2, 0) is 20.1 Å². The van der Waals surface area contributed by atoms with E-state index in [1.54, 1.807) is 22.9 Å². The van der Waals surface area contributed by atoms with Crippen molar-refractivity contribution in [3.63, 3.8) is 0 Å². The monoisotopic (exact) mass is 370 g/mol. The van der Waals surface area contributed by atoms with E-state index in [9.17, 15) is 4.79 Å². The third-order valence-electron chi connectivity index (χ3n) is 3.19. The van der Waals surface area contributed by atoms with E-state index in [0.29, 0.717) is 22.9 Å². The van der Waals surface area contributed by atoms with Crippen molar-refractivity contribution >= 4 is 33.3 Å². The minimum absolute atomic E-state index is 0.0779. The number of carbonyl (C=O) groups is 1. The predicted octanol–water partition coefficient (Wildman–Crippen LogP) is 4.18. The number of ether oxygens (including phenoxy) is 1. The summed E-state index contributed by atoms with van der Waals surface area (Å²) >= 11 is 9.46. The second-order valence-corrected chi connectivity index (χ2v) is 5.90. The number of rotatable bonds is 5. The Hall–Kier alpha value is -1.33. The molecular weight excluding hydrogens is 356 g/mol. The zero-order valence-electron chi connectivity index (χ0n) is 12.1. The number of carbonyl (C=O) groups excluding carboxylic acids is 1. The summed E-state index contributed by atoms with van der Waals surface area (Å²) in [7, 11) is 1.87. The van der Waals surface area contributed by atoms with Crippen LogP contribution in [0.5, 0.6) is 5.75 Å². The largest absolute Gasteiger partial charge is 0.487 e. The molecule has 6 heteroatoms. The Balaban J connectivity index is 2.25. The van der Waals surface area contributed by atoms with Crippen molar-refractivity contribution in [2.24, 2.45) is 7.05 Å². The van der Waals surface area contributed by atoms with E-state index in [1.807, 2.05) is 14.0 Å². The lowest BCUT2D eigenvalue weighted by atomic mass is 10.1. The van der Waals surface area contributed by atoms with Gasteiger partial charge in [0, 0.05) is 12.1 Å². The maximum Gasteiger partial charge on any atom is 0.163 e. The fourth-order valence-electron chi connectivity index (χ4n) is 2.03. The molecule has 1 heterocycles. The summed E-state index contributed by atoms with van der Waals surface area (Å²) in [6.45, 7) is 3.87. The molecule has 0 saturated heterocycles. The van der Waals surface area contributed by atoms with Gasteiger partial charge in [-0.3, -0.25) is 9.48 Å². The first kappa shape index (κ1) is 16.0. The third kappa shape index (κ3) is 3.47. The van der Waals surface area contributed by atoms with E-state index in [4.69, 9.17) is 16.3 Å². The molecule has 0 fully saturated rings. The number of halogens is 2. The summed E-state index contributed by atoms with van der Waals surface area (Å²) in [6.07, 6.45) is 0.841. The van der Waals surface area contributed by atoms with Gasteiger partial charge in [0.1, 0.15) is 12.4 Å². The Morgan fingerprint density at radius 1 is 1.48 bits per heavy atom. The van der Waals surface area contributed by atoms with E-state index >= 15 is 0 Å². The van der Waals surface area contributed by atoms with Crippen molar-refractivity contribution in [1.29, 1.82) is 0 Å². The van der Waals surface area contributed by atoms with Crippen LogP contribution < -0.4 is 4.74 Å². The average molecular weight is 372 g/mol. The number of aryl methyl sites for hydroxylation is 2. The van der Waals surface area contributed by atoms with Crippen molar-refractivity contribution < 1.29 is 9.53 Å². The first-order chi connectivity index (χ1) is 9.93. The number of aromatic nitrogens is 2. The van der Waals surface area contributed by atoms with Crippen molar-refractivity contribution in [3.8, 4) is 5.75 Å². The maximum absolute atomic E-state index is 11.6. The number of hydrogen-bond donors (Lipinski definition) is 0. The Morgan fingerprint density at radius 3 is 2.76 bits per heavy atom. The Morgan fingerprint density at radius 2 is 2.19 bits per heavy atom. The van der Waals surface area contributed by atoms with Crippen LogP contribution in [0.25, 0.3) is 0 Å². The van der Waals surface area contributed by atoms with E-state index in [-0.39, 0.29) is 5.78 Å². The molecule has 0 N–H and O–H groups in total. The second kappa shape index (κ2) is 6.62. The molecule has 0 spiro atoms. The smallest absolute Gasteiger partial charge is 0.163 e. The van der Waals surface area contributed by atoms with Gasteiger partial charge < -0.3 is 4.74 Å². The zero-order valence-corrected chi connectivity index (χ0v) is 14.5. The van der Waals surface area contributed by atoms with E-state index in [0.717, 1.165) is 22.3 Å². The summed E-state index contributed by atoms with van der Waals surface area (Å²) in [5, 5.41) is 4.93. The molecule has 2 rings (SSSR count). The highest BCUT2D eigenvalue weighted by atomic mass is 79.9. The predicted molar refractivity (Wildman–Crippen MR) is 86.1 cm³/mol. The average Bonchev–Trinajstić information content (AvgIpc) is 2.72. The van der Waals surface area contributed by atoms with Gasteiger partial charge >= 0.3 is 0 Å². The summed E-state index contributed by atoms with van der Waals surface area (Å²) in [5.74, 6) is 0.448. The molecule has 4 nitrogen and oxygen atoms in total. The van der Waals surface area contributed by atoms with Crippen LogP contribution >= 0.6 is 27.5 Å². The van der Waals surface area contributed by atoms with Crippen molar-refractivity contribution in [1.82, 2.24) is 9.78 Å². The summed E-state index contributed by atoms with van der Waals surface area (Å²) in [5.41, 5.74) is 2.40.